The highest BCUT2D eigenvalue weighted by molar-refractivity contribution is 7.16. The molecule has 2 aromatic rings. The van der Waals surface area contributed by atoms with Gasteiger partial charge in [0.2, 0.25) is 0 Å². The van der Waals surface area contributed by atoms with Crippen LogP contribution in [0.1, 0.15) is 16.9 Å². The molecule has 24 heavy (non-hydrogen) atoms. The number of carbonyl (C=O) groups excluding carboxylic acids is 1. The predicted octanol–water partition coefficient (Wildman–Crippen LogP) is 4.19. The van der Waals surface area contributed by atoms with Crippen LogP contribution in [0.2, 0.25) is 4.34 Å². The molecule has 0 fully saturated rings. The molecule has 0 aliphatic carbocycles. The minimum Gasteiger partial charge on any atom is -0.381 e. The van der Waals surface area contributed by atoms with Crippen LogP contribution in [0.25, 0.3) is 0 Å². The van der Waals surface area contributed by atoms with Crippen LogP contribution in [0, 0.1) is 0 Å². The van der Waals surface area contributed by atoms with Crippen LogP contribution in [0.4, 0.5) is 4.79 Å². The van der Waals surface area contributed by atoms with Crippen LogP contribution in [0.3, 0.4) is 0 Å². The molecular weight excluding hydrogens is 344 g/mol. The monoisotopic (exact) mass is 366 g/mol. The van der Waals surface area contributed by atoms with E-state index in [2.05, 4.69) is 17.4 Å². The molecule has 1 aromatic carbocycles. The molecular formula is C18H23ClN2O2S. The van der Waals surface area contributed by atoms with E-state index in [1.54, 1.807) is 11.9 Å². The van der Waals surface area contributed by atoms with Crippen LogP contribution < -0.4 is 5.32 Å². The summed E-state index contributed by atoms with van der Waals surface area (Å²) in [7, 11) is 1.78. The normalized spacial score (nSPS) is 10.6. The Labute approximate surface area is 152 Å². The van der Waals surface area contributed by atoms with E-state index in [9.17, 15) is 4.79 Å². The Bertz CT molecular complexity index is 618. The Morgan fingerprint density at radius 3 is 2.71 bits per heavy atom. The fraction of sp³-hybridized carbons (Fsp3) is 0.389. The molecule has 1 aromatic heterocycles. The molecule has 0 aliphatic heterocycles. The van der Waals surface area contributed by atoms with Gasteiger partial charge in [0.15, 0.2) is 0 Å². The summed E-state index contributed by atoms with van der Waals surface area (Å²) in [6.45, 7) is 2.53. The lowest BCUT2D eigenvalue weighted by Gasteiger charge is -2.17. The maximum Gasteiger partial charge on any atom is 0.317 e. The van der Waals surface area contributed by atoms with Crippen molar-refractivity contribution in [2.45, 2.75) is 19.4 Å². The number of thiophene rings is 1. The fourth-order valence-corrected chi connectivity index (χ4v) is 3.32. The van der Waals surface area contributed by atoms with E-state index >= 15 is 0 Å². The summed E-state index contributed by atoms with van der Waals surface area (Å²) in [6.07, 6.45) is 1.72. The average molecular weight is 367 g/mol. The molecule has 2 rings (SSSR count). The fourth-order valence-electron chi connectivity index (χ4n) is 2.18. The average Bonchev–Trinajstić information content (AvgIpc) is 2.99. The molecule has 0 saturated carbocycles. The van der Waals surface area contributed by atoms with Gasteiger partial charge in [0, 0.05) is 25.1 Å². The predicted molar refractivity (Wildman–Crippen MR) is 99.8 cm³/mol. The Morgan fingerprint density at radius 2 is 2.00 bits per heavy atom. The van der Waals surface area contributed by atoms with Gasteiger partial charge in [0.05, 0.1) is 17.5 Å². The van der Waals surface area contributed by atoms with Gasteiger partial charge >= 0.3 is 6.03 Å². The highest BCUT2D eigenvalue weighted by Gasteiger charge is 2.09. The van der Waals surface area contributed by atoms with Gasteiger partial charge in [-0.2, -0.15) is 0 Å². The number of urea groups is 1. The zero-order valence-electron chi connectivity index (χ0n) is 13.8. The molecule has 0 spiro atoms. The standard InChI is InChI=1S/C18H23ClN2O2S/c1-21(14-16-8-9-17(19)24-16)18(22)20-11-5-12-23-13-10-15-6-3-2-4-7-15/h2-4,6-9H,5,10-14H2,1H3,(H,20,22). The summed E-state index contributed by atoms with van der Waals surface area (Å²) in [4.78, 5) is 14.7. The first-order valence-electron chi connectivity index (χ1n) is 8.00. The first-order valence-corrected chi connectivity index (χ1v) is 9.19. The summed E-state index contributed by atoms with van der Waals surface area (Å²) < 4.78 is 6.34. The minimum absolute atomic E-state index is 0.0798. The zero-order chi connectivity index (χ0) is 17.2. The van der Waals surface area contributed by atoms with Gasteiger partial charge in [-0.05, 0) is 30.5 Å². The maximum atomic E-state index is 12.0. The van der Waals surface area contributed by atoms with Crippen molar-refractivity contribution in [1.29, 1.82) is 0 Å². The lowest BCUT2D eigenvalue weighted by Crippen LogP contribution is -2.37. The number of nitrogens with zero attached hydrogens (tertiary/aromatic N) is 1. The summed E-state index contributed by atoms with van der Waals surface area (Å²) >= 11 is 7.38. The highest BCUT2D eigenvalue weighted by atomic mass is 35.5. The molecule has 0 saturated heterocycles. The number of hydrogen-bond donors (Lipinski definition) is 1. The number of hydrogen-bond acceptors (Lipinski definition) is 3. The van der Waals surface area contributed by atoms with E-state index in [4.69, 9.17) is 16.3 Å². The summed E-state index contributed by atoms with van der Waals surface area (Å²) in [5.74, 6) is 0. The van der Waals surface area contributed by atoms with Gasteiger partial charge in [0.1, 0.15) is 0 Å². The quantitative estimate of drug-likeness (QED) is 0.676. The van der Waals surface area contributed by atoms with Gasteiger partial charge in [0.25, 0.3) is 0 Å². The van der Waals surface area contributed by atoms with Gasteiger partial charge in [-0.15, -0.1) is 11.3 Å². The molecule has 2 amide bonds. The summed E-state index contributed by atoms with van der Waals surface area (Å²) in [6, 6.07) is 14.0. The molecule has 0 aliphatic rings. The van der Waals surface area contributed by atoms with E-state index in [1.807, 2.05) is 30.3 Å². The van der Waals surface area contributed by atoms with Crippen molar-refractivity contribution in [3.63, 3.8) is 0 Å². The van der Waals surface area contributed by atoms with Gasteiger partial charge in [-0.1, -0.05) is 41.9 Å². The summed E-state index contributed by atoms with van der Waals surface area (Å²) in [5.41, 5.74) is 1.28. The van der Waals surface area contributed by atoms with Crippen LogP contribution in [0.15, 0.2) is 42.5 Å². The van der Waals surface area contributed by atoms with Crippen molar-refractivity contribution < 1.29 is 9.53 Å². The van der Waals surface area contributed by atoms with Crippen molar-refractivity contribution in [3.8, 4) is 0 Å². The second kappa shape index (κ2) is 10.3. The van der Waals surface area contributed by atoms with E-state index in [0.29, 0.717) is 26.3 Å². The second-order valence-corrected chi connectivity index (χ2v) is 7.29. The van der Waals surface area contributed by atoms with Gasteiger partial charge in [-0.3, -0.25) is 0 Å². The van der Waals surface area contributed by atoms with Gasteiger partial charge in [-0.25, -0.2) is 4.79 Å². The van der Waals surface area contributed by atoms with E-state index in [1.165, 1.54) is 16.9 Å². The Morgan fingerprint density at radius 1 is 1.21 bits per heavy atom. The Hall–Kier alpha value is -1.56. The smallest absolute Gasteiger partial charge is 0.317 e. The molecule has 6 heteroatoms. The molecule has 1 heterocycles. The molecule has 0 atom stereocenters. The third-order valence-corrected chi connectivity index (χ3v) is 4.70. The van der Waals surface area contributed by atoms with Gasteiger partial charge < -0.3 is 15.0 Å². The number of ether oxygens (including phenoxy) is 1. The first kappa shape index (κ1) is 18.8. The lowest BCUT2D eigenvalue weighted by atomic mass is 10.2. The molecule has 4 nitrogen and oxygen atoms in total. The van der Waals surface area contributed by atoms with Crippen LogP contribution in [-0.4, -0.2) is 37.7 Å². The van der Waals surface area contributed by atoms with Crippen molar-refractivity contribution in [3.05, 3.63) is 57.2 Å². The van der Waals surface area contributed by atoms with Crippen molar-refractivity contribution >= 4 is 29.0 Å². The number of rotatable bonds is 9. The molecule has 0 unspecified atom stereocenters. The maximum absolute atomic E-state index is 12.0. The Kier molecular flexibility index (Phi) is 8.08. The van der Waals surface area contributed by atoms with E-state index < -0.39 is 0 Å². The molecule has 0 bridgehead atoms. The molecule has 1 N–H and O–H groups in total. The van der Waals surface area contributed by atoms with Crippen LogP contribution in [-0.2, 0) is 17.7 Å². The van der Waals surface area contributed by atoms with E-state index in [-0.39, 0.29) is 6.03 Å². The number of benzene rings is 1. The van der Waals surface area contributed by atoms with Crippen LogP contribution >= 0.6 is 22.9 Å². The largest absolute Gasteiger partial charge is 0.381 e. The molecule has 0 radical (unpaired) electrons. The third kappa shape index (κ3) is 6.91. The highest BCUT2D eigenvalue weighted by Crippen LogP contribution is 2.22. The number of nitrogens with one attached hydrogen (secondary N) is 1. The van der Waals surface area contributed by atoms with E-state index in [0.717, 1.165) is 22.1 Å². The number of carbonyl (C=O) groups is 1. The van der Waals surface area contributed by atoms with Crippen molar-refractivity contribution in [1.82, 2.24) is 10.2 Å². The van der Waals surface area contributed by atoms with Crippen molar-refractivity contribution in [2.75, 3.05) is 26.8 Å². The summed E-state index contributed by atoms with van der Waals surface area (Å²) in [5, 5.41) is 2.90. The second-order valence-electron chi connectivity index (χ2n) is 5.50. The number of halogens is 1. The minimum atomic E-state index is -0.0798. The third-order valence-electron chi connectivity index (χ3n) is 3.49. The van der Waals surface area contributed by atoms with Crippen LogP contribution in [0.5, 0.6) is 0 Å². The lowest BCUT2D eigenvalue weighted by molar-refractivity contribution is 0.134. The number of amides is 2. The first-order chi connectivity index (χ1) is 11.6. The van der Waals surface area contributed by atoms with Crippen molar-refractivity contribution in [2.24, 2.45) is 0 Å². The zero-order valence-corrected chi connectivity index (χ0v) is 15.4. The SMILES string of the molecule is CN(Cc1ccc(Cl)s1)C(=O)NCCCOCCc1ccccc1. The Balaban J connectivity index is 1.51. The molecule has 130 valence electrons. The topological polar surface area (TPSA) is 41.6 Å².